The SMILES string of the molecule is Cc1cc(C)nc(NC(=NCc2cccs2)NC(=S)Nc2cccc(OC(F)(F)F)c2)n1. The molecule has 7 nitrogen and oxygen atoms in total. The molecule has 0 aliphatic carbocycles. The van der Waals surface area contributed by atoms with Crippen LogP contribution in [-0.2, 0) is 6.54 Å². The monoisotopic (exact) mass is 480 g/mol. The van der Waals surface area contributed by atoms with Gasteiger partial charge in [-0.3, -0.25) is 5.32 Å². The Kier molecular flexibility index (Phi) is 7.59. The summed E-state index contributed by atoms with van der Waals surface area (Å²) in [6.45, 7) is 4.07. The average Bonchev–Trinajstić information content (AvgIpc) is 3.17. The molecule has 0 radical (unpaired) electrons. The van der Waals surface area contributed by atoms with Gasteiger partial charge in [0.1, 0.15) is 5.75 Å². The molecule has 0 atom stereocenters. The molecule has 2 heterocycles. The molecule has 0 bridgehead atoms. The van der Waals surface area contributed by atoms with Crippen LogP contribution in [0.25, 0.3) is 0 Å². The van der Waals surface area contributed by atoms with Crippen LogP contribution in [0, 0.1) is 13.8 Å². The Labute approximate surface area is 191 Å². The van der Waals surface area contributed by atoms with Crippen LogP contribution in [0.2, 0.25) is 0 Å². The van der Waals surface area contributed by atoms with Gasteiger partial charge in [-0.15, -0.1) is 24.5 Å². The summed E-state index contributed by atoms with van der Waals surface area (Å²) in [5, 5.41) is 10.8. The molecule has 0 aliphatic heterocycles. The Balaban J connectivity index is 1.73. The molecule has 0 saturated carbocycles. The van der Waals surface area contributed by atoms with Crippen LogP contribution >= 0.6 is 23.6 Å². The largest absolute Gasteiger partial charge is 0.573 e. The molecule has 3 rings (SSSR count). The van der Waals surface area contributed by atoms with Crippen LogP contribution in [0.4, 0.5) is 24.8 Å². The summed E-state index contributed by atoms with van der Waals surface area (Å²) >= 11 is 6.86. The first kappa shape index (κ1) is 23.4. The van der Waals surface area contributed by atoms with Crippen molar-refractivity contribution in [2.24, 2.45) is 4.99 Å². The molecule has 0 amide bonds. The zero-order valence-electron chi connectivity index (χ0n) is 17.0. The quantitative estimate of drug-likeness (QED) is 0.269. The highest BCUT2D eigenvalue weighted by Gasteiger charge is 2.31. The van der Waals surface area contributed by atoms with Gasteiger partial charge in [0, 0.05) is 28.0 Å². The third-order valence-corrected chi connectivity index (χ3v) is 4.81. The summed E-state index contributed by atoms with van der Waals surface area (Å²) in [6.07, 6.45) is -4.78. The molecule has 0 fully saturated rings. The lowest BCUT2D eigenvalue weighted by Crippen LogP contribution is -2.39. The second-order valence-corrected chi connectivity index (χ2v) is 7.94. The number of ether oxygens (including phenoxy) is 1. The number of hydrogen-bond acceptors (Lipinski definition) is 6. The number of nitrogens with zero attached hydrogens (tertiary/aromatic N) is 3. The van der Waals surface area contributed by atoms with Gasteiger partial charge >= 0.3 is 6.36 Å². The molecule has 3 aromatic rings. The topological polar surface area (TPSA) is 83.5 Å². The van der Waals surface area contributed by atoms with Gasteiger partial charge in [-0.2, -0.15) is 0 Å². The fraction of sp³-hybridized carbons (Fsp3) is 0.200. The first-order chi connectivity index (χ1) is 15.2. The first-order valence-corrected chi connectivity index (χ1v) is 10.5. The van der Waals surface area contributed by atoms with Crippen molar-refractivity contribution in [2.45, 2.75) is 26.8 Å². The highest BCUT2D eigenvalue weighted by Crippen LogP contribution is 2.25. The summed E-state index contributed by atoms with van der Waals surface area (Å²) < 4.78 is 41.3. The fourth-order valence-electron chi connectivity index (χ4n) is 2.60. The van der Waals surface area contributed by atoms with Gasteiger partial charge < -0.3 is 15.4 Å². The number of halogens is 3. The van der Waals surface area contributed by atoms with Crippen molar-refractivity contribution < 1.29 is 17.9 Å². The first-order valence-electron chi connectivity index (χ1n) is 9.26. The number of hydrogen-bond donors (Lipinski definition) is 3. The predicted octanol–water partition coefficient (Wildman–Crippen LogP) is 5.01. The van der Waals surface area contributed by atoms with Gasteiger partial charge in [-0.25, -0.2) is 15.0 Å². The smallest absolute Gasteiger partial charge is 0.406 e. The highest BCUT2D eigenvalue weighted by molar-refractivity contribution is 7.80. The van der Waals surface area contributed by atoms with Crippen molar-refractivity contribution in [2.75, 3.05) is 10.6 Å². The van der Waals surface area contributed by atoms with Crippen LogP contribution in [0.5, 0.6) is 5.75 Å². The number of thiocarbonyl (C=S) groups is 1. The predicted molar refractivity (Wildman–Crippen MR) is 123 cm³/mol. The van der Waals surface area contributed by atoms with Crippen LogP contribution in [0.3, 0.4) is 0 Å². The Morgan fingerprint density at radius 3 is 2.50 bits per heavy atom. The third-order valence-electron chi connectivity index (χ3n) is 3.74. The number of aliphatic imine (C=N–C) groups is 1. The van der Waals surface area contributed by atoms with E-state index in [1.165, 1.54) is 18.2 Å². The molecule has 168 valence electrons. The van der Waals surface area contributed by atoms with Crippen molar-refractivity contribution in [3.63, 3.8) is 0 Å². The molecule has 2 aromatic heterocycles. The second kappa shape index (κ2) is 10.4. The lowest BCUT2D eigenvalue weighted by Gasteiger charge is -2.15. The summed E-state index contributed by atoms with van der Waals surface area (Å²) in [7, 11) is 0. The lowest BCUT2D eigenvalue weighted by atomic mass is 10.3. The normalized spacial score (nSPS) is 11.7. The number of anilines is 2. The molecular weight excluding hydrogens is 461 g/mol. The molecule has 0 saturated heterocycles. The van der Waals surface area contributed by atoms with E-state index in [9.17, 15) is 13.2 Å². The fourth-order valence-corrected chi connectivity index (χ4v) is 3.44. The van der Waals surface area contributed by atoms with E-state index < -0.39 is 6.36 Å². The van der Waals surface area contributed by atoms with E-state index in [1.54, 1.807) is 17.4 Å². The Morgan fingerprint density at radius 2 is 1.84 bits per heavy atom. The highest BCUT2D eigenvalue weighted by atomic mass is 32.1. The molecular formula is C20H19F3N6OS2. The van der Waals surface area contributed by atoms with Crippen LogP contribution < -0.4 is 20.7 Å². The summed E-state index contributed by atoms with van der Waals surface area (Å²) in [5.41, 5.74) is 1.86. The van der Waals surface area contributed by atoms with Gasteiger partial charge in [0.2, 0.25) is 11.9 Å². The van der Waals surface area contributed by atoms with Crippen LogP contribution in [-0.4, -0.2) is 27.4 Å². The van der Waals surface area contributed by atoms with E-state index in [4.69, 9.17) is 12.2 Å². The molecule has 12 heteroatoms. The van der Waals surface area contributed by atoms with E-state index in [2.05, 4.69) is 35.6 Å². The maximum absolute atomic E-state index is 12.5. The second-order valence-electron chi connectivity index (χ2n) is 6.50. The minimum Gasteiger partial charge on any atom is -0.406 e. The number of thiophene rings is 1. The van der Waals surface area contributed by atoms with Gasteiger partial charge in [-0.1, -0.05) is 12.1 Å². The number of guanidine groups is 1. The summed E-state index contributed by atoms with van der Waals surface area (Å²) in [5.74, 6) is 0.255. The maximum atomic E-state index is 12.5. The average molecular weight is 481 g/mol. The van der Waals surface area contributed by atoms with E-state index in [0.717, 1.165) is 16.3 Å². The van der Waals surface area contributed by atoms with Crippen LogP contribution in [0.15, 0.2) is 52.8 Å². The number of aromatic nitrogens is 2. The standard InChI is InChI=1S/C20H19F3N6OS2/c1-12-9-13(2)26-18(25-12)28-17(24-11-16-7-4-8-32-16)29-19(31)27-14-5-3-6-15(10-14)30-20(21,22)23/h3-10H,11H2,1-2H3,(H3,24,25,26,27,28,29,31). The van der Waals surface area contributed by atoms with Gasteiger partial charge in [0.15, 0.2) is 5.11 Å². The van der Waals surface area contributed by atoms with Crippen molar-refractivity contribution in [1.29, 1.82) is 0 Å². The minimum atomic E-state index is -4.78. The number of aryl methyl sites for hydroxylation is 2. The number of benzene rings is 1. The van der Waals surface area contributed by atoms with Crippen molar-refractivity contribution >= 4 is 46.3 Å². The van der Waals surface area contributed by atoms with Gasteiger partial charge in [0.05, 0.1) is 6.54 Å². The van der Waals surface area contributed by atoms with Crippen molar-refractivity contribution in [3.8, 4) is 5.75 Å². The van der Waals surface area contributed by atoms with E-state index in [1.807, 2.05) is 37.4 Å². The van der Waals surface area contributed by atoms with E-state index >= 15 is 0 Å². The third kappa shape index (κ3) is 7.78. The maximum Gasteiger partial charge on any atom is 0.573 e. The Hall–Kier alpha value is -3.25. The number of nitrogens with one attached hydrogen (secondary N) is 3. The van der Waals surface area contributed by atoms with Gasteiger partial charge in [-0.05, 0) is 55.7 Å². The van der Waals surface area contributed by atoms with Crippen molar-refractivity contribution in [3.05, 3.63) is 64.1 Å². The number of rotatable bonds is 5. The molecule has 3 N–H and O–H groups in total. The molecule has 0 spiro atoms. The minimum absolute atomic E-state index is 0.107. The molecule has 0 unspecified atom stereocenters. The van der Waals surface area contributed by atoms with Gasteiger partial charge in [0.25, 0.3) is 0 Å². The number of alkyl halides is 3. The molecule has 0 aliphatic rings. The van der Waals surface area contributed by atoms with E-state index in [0.29, 0.717) is 18.2 Å². The molecule has 1 aromatic carbocycles. The zero-order chi connectivity index (χ0) is 23.1. The summed E-state index contributed by atoms with van der Waals surface area (Å²) in [4.78, 5) is 14.2. The zero-order valence-corrected chi connectivity index (χ0v) is 18.7. The molecule has 32 heavy (non-hydrogen) atoms. The lowest BCUT2D eigenvalue weighted by molar-refractivity contribution is -0.274. The Morgan fingerprint density at radius 1 is 1.09 bits per heavy atom. The van der Waals surface area contributed by atoms with Crippen molar-refractivity contribution in [1.82, 2.24) is 15.3 Å². The van der Waals surface area contributed by atoms with Crippen LogP contribution in [0.1, 0.15) is 16.3 Å². The van der Waals surface area contributed by atoms with E-state index in [-0.39, 0.29) is 16.8 Å². The summed E-state index contributed by atoms with van der Waals surface area (Å²) in [6, 6.07) is 11.1. The Bertz CT molecular complexity index is 1080.